The van der Waals surface area contributed by atoms with Crippen LogP contribution < -0.4 is 0 Å². The molecular weight excluding hydrogens is 709 g/mol. The summed E-state index contributed by atoms with van der Waals surface area (Å²) >= 11 is 0. The highest BCUT2D eigenvalue weighted by molar-refractivity contribution is 6.20. The molecule has 0 fully saturated rings. The highest BCUT2D eigenvalue weighted by Crippen LogP contribution is 2.45. The fourth-order valence-electron chi connectivity index (χ4n) is 8.16. The van der Waals surface area contributed by atoms with Crippen molar-refractivity contribution in [3.05, 3.63) is 194 Å². The first-order chi connectivity index (χ1) is 32.9. The lowest BCUT2D eigenvalue weighted by Gasteiger charge is -2.16. The van der Waals surface area contributed by atoms with Crippen LogP contribution in [0, 0.1) is 0 Å². The van der Waals surface area contributed by atoms with Crippen molar-refractivity contribution in [2.24, 2.45) is 0 Å². The quantitative estimate of drug-likeness (QED) is 0.176. The third-order valence-electron chi connectivity index (χ3n) is 10.7. The molecule has 0 aliphatic heterocycles. The second-order valence-electron chi connectivity index (χ2n) is 14.0. The summed E-state index contributed by atoms with van der Waals surface area (Å²) in [5.74, 6) is 1.48. The van der Waals surface area contributed by atoms with Gasteiger partial charge in [-0.2, -0.15) is 0 Å². The first-order valence-corrected chi connectivity index (χ1v) is 18.7. The molecule has 0 aliphatic rings. The molecule has 5 heteroatoms. The summed E-state index contributed by atoms with van der Waals surface area (Å²) in [6.07, 6.45) is 0. The summed E-state index contributed by atoms with van der Waals surface area (Å²) in [4.78, 5) is 15.0. The molecule has 0 bridgehead atoms. The number of aromatic nitrogens is 4. The number of fused-ring (bicyclic) bond motifs is 9. The summed E-state index contributed by atoms with van der Waals surface area (Å²) in [6, 6.07) is 37.5. The molecule has 270 valence electrons. The predicted molar refractivity (Wildman–Crippen MR) is 238 cm³/mol. The van der Waals surface area contributed by atoms with Crippen LogP contribution in [0.15, 0.2) is 198 Å². The molecule has 0 unspecified atom stereocenters. The fraction of sp³-hybridized carbons (Fsp3) is 0. The molecule has 0 aliphatic carbocycles. The van der Waals surface area contributed by atoms with Crippen molar-refractivity contribution in [2.45, 2.75) is 0 Å². The number of hydrogen-bond donors (Lipinski definition) is 0. The van der Waals surface area contributed by atoms with Crippen LogP contribution in [0.2, 0.25) is 0 Å². The Kier molecular flexibility index (Phi) is 5.29. The highest BCUT2D eigenvalue weighted by atomic mass is 16.3. The summed E-state index contributed by atoms with van der Waals surface area (Å²) in [7, 11) is 0. The topological polar surface area (TPSA) is 56.7 Å². The van der Waals surface area contributed by atoms with Crippen molar-refractivity contribution in [1.82, 2.24) is 19.5 Å². The number of hydrogen-bond acceptors (Lipinski definition) is 4. The third-order valence-corrected chi connectivity index (χ3v) is 10.7. The smallest absolute Gasteiger partial charge is 0.164 e. The molecule has 0 saturated carbocycles. The Balaban J connectivity index is 1.21. The van der Waals surface area contributed by atoms with Crippen LogP contribution in [0.4, 0.5) is 0 Å². The molecule has 0 saturated heterocycles. The molecule has 3 aromatic heterocycles. The minimum Gasteiger partial charge on any atom is -0.456 e. The fourth-order valence-corrected chi connectivity index (χ4v) is 8.16. The van der Waals surface area contributed by atoms with Gasteiger partial charge in [-0.25, -0.2) is 15.0 Å². The van der Waals surface area contributed by atoms with Gasteiger partial charge < -0.3 is 8.98 Å². The summed E-state index contributed by atoms with van der Waals surface area (Å²) in [5.41, 5.74) is 5.21. The van der Waals surface area contributed by atoms with Crippen LogP contribution in [0.5, 0.6) is 0 Å². The molecule has 0 atom stereocenters. The van der Waals surface area contributed by atoms with Gasteiger partial charge in [0.2, 0.25) is 0 Å². The van der Waals surface area contributed by atoms with Gasteiger partial charge in [0.15, 0.2) is 17.5 Å². The van der Waals surface area contributed by atoms with Crippen molar-refractivity contribution < 1.29 is 18.1 Å². The van der Waals surface area contributed by atoms with E-state index in [1.165, 1.54) is 4.57 Å². The van der Waals surface area contributed by atoms with Gasteiger partial charge in [-0.1, -0.05) is 164 Å². The van der Waals surface area contributed by atoms with Crippen LogP contribution in [-0.4, -0.2) is 19.5 Å². The number of rotatable bonds is 5. The standard InChI is InChI=1S/C53H32N4O/c1-3-16-34(17-4-1)51-54-52(35-18-5-2-6-19-35)56-53(55-51)43-30-29-40(38-21-9-10-22-39(38)43)45-31-36(32-48-49(45)44-24-12-14-26-47(44)58-48)57-46-25-13-11-23-41(46)42-28-27-33-15-7-8-20-37(33)50(42)57/h1-32H/i7D,8D,11D,13D,15D,20D,23D,25D,27D,28D. The zero-order chi connectivity index (χ0) is 46.9. The monoisotopic (exact) mass is 750 g/mol. The Morgan fingerprint density at radius 3 is 1.79 bits per heavy atom. The van der Waals surface area contributed by atoms with Crippen molar-refractivity contribution in [3.8, 4) is 51.0 Å². The number of furan rings is 1. The van der Waals surface area contributed by atoms with Crippen molar-refractivity contribution in [1.29, 1.82) is 0 Å². The van der Waals surface area contributed by atoms with Crippen LogP contribution in [0.1, 0.15) is 13.7 Å². The van der Waals surface area contributed by atoms with Crippen LogP contribution >= 0.6 is 0 Å². The lowest BCUT2D eigenvalue weighted by molar-refractivity contribution is 0.668. The van der Waals surface area contributed by atoms with Gasteiger partial charge in [0.1, 0.15) is 11.2 Å². The molecule has 9 aromatic carbocycles. The van der Waals surface area contributed by atoms with E-state index in [2.05, 4.69) is 0 Å². The first-order valence-electron chi connectivity index (χ1n) is 23.7. The summed E-state index contributed by atoms with van der Waals surface area (Å²) in [5, 5.41) is 2.82. The SMILES string of the molecule is [2H]c1c([2H])c([2H])c2c(c1[2H])c([2H])c([2H])c1c3c([2H])c([2H])c([2H])c([2H])c3n(-c3cc(-c4ccc(-c5nc(-c6ccccc6)nc(-c6ccccc6)n5)c5ccccc45)c4c(c3)oc3ccccc34)c21. The van der Waals surface area contributed by atoms with Crippen LogP contribution in [0.3, 0.4) is 0 Å². The predicted octanol–water partition coefficient (Wildman–Crippen LogP) is 13.8. The van der Waals surface area contributed by atoms with Gasteiger partial charge >= 0.3 is 0 Å². The van der Waals surface area contributed by atoms with Crippen LogP contribution in [0.25, 0.3) is 116 Å². The molecule has 0 amide bonds. The highest BCUT2D eigenvalue weighted by Gasteiger charge is 2.22. The molecule has 0 spiro atoms. The summed E-state index contributed by atoms with van der Waals surface area (Å²) in [6.45, 7) is 0. The molecule has 0 radical (unpaired) electrons. The second-order valence-corrected chi connectivity index (χ2v) is 14.0. The van der Waals surface area contributed by atoms with Gasteiger partial charge in [0.05, 0.1) is 30.4 Å². The number of para-hydroxylation sites is 2. The van der Waals surface area contributed by atoms with Crippen molar-refractivity contribution in [2.75, 3.05) is 0 Å². The van der Waals surface area contributed by atoms with E-state index < -0.39 is 60.4 Å². The average molecular weight is 751 g/mol. The van der Waals surface area contributed by atoms with Gasteiger partial charge in [-0.3, -0.25) is 0 Å². The van der Waals surface area contributed by atoms with Crippen molar-refractivity contribution in [3.63, 3.8) is 0 Å². The Bertz CT molecular complexity index is 4100. The van der Waals surface area contributed by atoms with Gasteiger partial charge in [-0.15, -0.1) is 0 Å². The van der Waals surface area contributed by atoms with E-state index in [0.717, 1.165) is 43.8 Å². The van der Waals surface area contributed by atoms with Crippen molar-refractivity contribution >= 4 is 65.3 Å². The van der Waals surface area contributed by atoms with E-state index in [4.69, 9.17) is 27.6 Å². The Morgan fingerprint density at radius 1 is 0.431 bits per heavy atom. The van der Waals surface area contributed by atoms with E-state index in [1.54, 1.807) is 6.07 Å². The number of benzene rings is 9. The van der Waals surface area contributed by atoms with E-state index in [-0.39, 0.29) is 32.6 Å². The van der Waals surface area contributed by atoms with E-state index in [1.807, 2.05) is 127 Å². The maximum absolute atomic E-state index is 9.36. The molecule has 0 N–H and O–H groups in total. The van der Waals surface area contributed by atoms with Gasteiger partial charge in [0, 0.05) is 49.7 Å². The molecule has 3 heterocycles. The lowest BCUT2D eigenvalue weighted by Crippen LogP contribution is -2.01. The van der Waals surface area contributed by atoms with E-state index in [0.29, 0.717) is 39.9 Å². The normalized spacial score (nSPS) is 14.2. The molecular formula is C53H32N4O. The zero-order valence-electron chi connectivity index (χ0n) is 40.4. The Morgan fingerprint density at radius 2 is 1.03 bits per heavy atom. The molecule has 12 rings (SSSR count). The minimum atomic E-state index is -0.576. The second kappa shape index (κ2) is 12.8. The first kappa shape index (κ1) is 23.9. The Hall–Kier alpha value is -7.89. The maximum Gasteiger partial charge on any atom is 0.164 e. The minimum absolute atomic E-state index is 0.0290. The van der Waals surface area contributed by atoms with Crippen LogP contribution in [-0.2, 0) is 0 Å². The number of nitrogens with zero attached hydrogens (tertiary/aromatic N) is 4. The lowest BCUT2D eigenvalue weighted by atomic mass is 9.91. The van der Waals surface area contributed by atoms with E-state index >= 15 is 0 Å². The average Bonchev–Trinajstić information content (AvgIpc) is 3.94. The maximum atomic E-state index is 9.36. The van der Waals surface area contributed by atoms with E-state index in [9.17, 15) is 5.48 Å². The molecule has 12 aromatic rings. The van der Waals surface area contributed by atoms with Gasteiger partial charge in [0.25, 0.3) is 0 Å². The molecule has 5 nitrogen and oxygen atoms in total. The Labute approximate surface area is 347 Å². The van der Waals surface area contributed by atoms with Gasteiger partial charge in [-0.05, 0) is 51.5 Å². The third kappa shape index (κ3) is 5.00. The summed E-state index contributed by atoms with van der Waals surface area (Å²) < 4.78 is 98.1. The molecule has 58 heavy (non-hydrogen) atoms. The largest absolute Gasteiger partial charge is 0.456 e. The zero-order valence-corrected chi connectivity index (χ0v) is 30.4.